The molecule has 3 heteroatoms. The zero-order chi connectivity index (χ0) is 14.6. The van der Waals surface area contributed by atoms with Gasteiger partial charge in [0.15, 0.2) is 0 Å². The van der Waals surface area contributed by atoms with E-state index in [1.54, 1.807) is 0 Å². The molecule has 0 saturated heterocycles. The lowest BCUT2D eigenvalue weighted by molar-refractivity contribution is -0.0175. The van der Waals surface area contributed by atoms with E-state index in [0.717, 1.165) is 23.7 Å². The Morgan fingerprint density at radius 1 is 1.15 bits per heavy atom. The molecular formula is C17H26BrNO. The molecule has 0 aliphatic heterocycles. The van der Waals surface area contributed by atoms with E-state index in [4.69, 9.17) is 0 Å². The third-order valence-electron chi connectivity index (χ3n) is 4.85. The van der Waals surface area contributed by atoms with Crippen molar-refractivity contribution in [2.24, 2.45) is 0 Å². The largest absolute Gasteiger partial charge is 0.391 e. The van der Waals surface area contributed by atoms with Crippen molar-refractivity contribution in [1.29, 1.82) is 0 Å². The second-order valence-electron chi connectivity index (χ2n) is 6.22. The van der Waals surface area contributed by atoms with Crippen molar-refractivity contribution in [3.63, 3.8) is 0 Å². The predicted molar refractivity (Wildman–Crippen MR) is 88.0 cm³/mol. The molecule has 1 aromatic carbocycles. The highest BCUT2D eigenvalue weighted by Crippen LogP contribution is 2.36. The number of hydrogen-bond donors (Lipinski definition) is 1. The second kappa shape index (κ2) is 7.06. The smallest absolute Gasteiger partial charge is 0.0764 e. The van der Waals surface area contributed by atoms with Crippen LogP contribution in [-0.2, 0) is 6.42 Å². The maximum atomic E-state index is 10.9. The molecule has 0 heterocycles. The molecule has 2 rings (SSSR count). The first-order valence-electron chi connectivity index (χ1n) is 7.65. The van der Waals surface area contributed by atoms with E-state index in [9.17, 15) is 5.11 Å². The van der Waals surface area contributed by atoms with Gasteiger partial charge in [-0.3, -0.25) is 0 Å². The van der Waals surface area contributed by atoms with E-state index < -0.39 is 0 Å². The van der Waals surface area contributed by atoms with Crippen LogP contribution in [0.25, 0.3) is 0 Å². The lowest BCUT2D eigenvalue weighted by Gasteiger charge is -2.43. The van der Waals surface area contributed by atoms with Crippen molar-refractivity contribution >= 4 is 15.9 Å². The van der Waals surface area contributed by atoms with Gasteiger partial charge in [-0.05, 0) is 38.6 Å². The predicted octanol–water partition coefficient (Wildman–Crippen LogP) is 4.01. The van der Waals surface area contributed by atoms with Crippen LogP contribution in [-0.4, -0.2) is 35.7 Å². The normalized spacial score (nSPS) is 20.6. The lowest BCUT2D eigenvalue weighted by atomic mass is 9.80. The van der Waals surface area contributed by atoms with Crippen LogP contribution in [0.3, 0.4) is 0 Å². The Bertz CT molecular complexity index is 425. The lowest BCUT2D eigenvalue weighted by Crippen LogP contribution is -2.54. The summed E-state index contributed by atoms with van der Waals surface area (Å²) in [7, 11) is 4.24. The van der Waals surface area contributed by atoms with Crippen LogP contribution in [0.4, 0.5) is 0 Å². The minimum atomic E-state index is -0.311. The van der Waals surface area contributed by atoms with E-state index in [2.05, 4.69) is 47.1 Å². The van der Waals surface area contributed by atoms with E-state index >= 15 is 0 Å². The summed E-state index contributed by atoms with van der Waals surface area (Å²) >= 11 is 3.59. The number of nitrogens with zero attached hydrogens (tertiary/aromatic N) is 1. The molecule has 2 nitrogen and oxygen atoms in total. The number of aliphatic hydroxyl groups is 1. The van der Waals surface area contributed by atoms with Crippen molar-refractivity contribution in [2.75, 3.05) is 14.1 Å². The van der Waals surface area contributed by atoms with Crippen LogP contribution in [0.5, 0.6) is 0 Å². The maximum Gasteiger partial charge on any atom is 0.0764 e. The van der Waals surface area contributed by atoms with Gasteiger partial charge in [0.1, 0.15) is 0 Å². The van der Waals surface area contributed by atoms with Crippen LogP contribution < -0.4 is 0 Å². The fourth-order valence-electron chi connectivity index (χ4n) is 3.48. The number of benzene rings is 1. The average Bonchev–Trinajstić information content (AvgIpc) is 2.68. The summed E-state index contributed by atoms with van der Waals surface area (Å²) in [5.74, 6) is 0. The van der Waals surface area contributed by atoms with Crippen LogP contribution in [0, 0.1) is 0 Å². The molecule has 0 aromatic heterocycles. The number of aliphatic hydroxyl groups excluding tert-OH is 1. The van der Waals surface area contributed by atoms with Gasteiger partial charge in [0, 0.05) is 16.4 Å². The Labute approximate surface area is 131 Å². The molecule has 1 saturated carbocycles. The monoisotopic (exact) mass is 339 g/mol. The molecule has 1 aliphatic rings. The molecule has 1 unspecified atom stereocenters. The topological polar surface area (TPSA) is 23.5 Å². The Balaban J connectivity index is 2.18. The SMILES string of the molecule is CN(C)C1(C(O)Cc2ccccc2Br)CCCCCC1. The molecule has 1 fully saturated rings. The third-order valence-corrected chi connectivity index (χ3v) is 5.63. The standard InChI is InChI=1S/C17H26BrNO/c1-19(2)17(11-7-3-4-8-12-17)16(20)13-14-9-5-6-10-15(14)18/h5-6,9-10,16,20H,3-4,7-8,11-13H2,1-2H3. The summed E-state index contributed by atoms with van der Waals surface area (Å²) < 4.78 is 1.10. The van der Waals surface area contributed by atoms with Gasteiger partial charge in [-0.15, -0.1) is 0 Å². The van der Waals surface area contributed by atoms with Crippen LogP contribution in [0.15, 0.2) is 28.7 Å². The first-order chi connectivity index (χ1) is 9.56. The Morgan fingerprint density at radius 2 is 1.75 bits per heavy atom. The van der Waals surface area contributed by atoms with Gasteiger partial charge in [0.2, 0.25) is 0 Å². The summed E-state index contributed by atoms with van der Waals surface area (Å²) in [5, 5.41) is 10.9. The minimum absolute atomic E-state index is 0.0637. The molecular weight excluding hydrogens is 314 g/mol. The molecule has 20 heavy (non-hydrogen) atoms. The Hall–Kier alpha value is -0.380. The number of hydrogen-bond acceptors (Lipinski definition) is 2. The van der Waals surface area contributed by atoms with Crippen LogP contribution in [0.1, 0.15) is 44.1 Å². The summed E-state index contributed by atoms with van der Waals surface area (Å²) in [6.07, 6.45) is 7.68. The van der Waals surface area contributed by atoms with Gasteiger partial charge in [0.25, 0.3) is 0 Å². The molecule has 1 aliphatic carbocycles. The summed E-state index contributed by atoms with van der Waals surface area (Å²) in [6.45, 7) is 0. The van der Waals surface area contributed by atoms with E-state index in [1.165, 1.54) is 31.2 Å². The number of likely N-dealkylation sites (N-methyl/N-ethyl adjacent to an activating group) is 1. The zero-order valence-corrected chi connectivity index (χ0v) is 14.2. The molecule has 112 valence electrons. The van der Waals surface area contributed by atoms with E-state index in [-0.39, 0.29) is 11.6 Å². The van der Waals surface area contributed by atoms with Crippen molar-refractivity contribution in [3.8, 4) is 0 Å². The van der Waals surface area contributed by atoms with Crippen molar-refractivity contribution in [1.82, 2.24) is 4.90 Å². The molecule has 0 radical (unpaired) electrons. The third kappa shape index (κ3) is 3.44. The molecule has 0 bridgehead atoms. The Kier molecular flexibility index (Phi) is 5.65. The average molecular weight is 340 g/mol. The molecule has 1 atom stereocenters. The minimum Gasteiger partial charge on any atom is -0.391 e. The zero-order valence-electron chi connectivity index (χ0n) is 12.6. The van der Waals surface area contributed by atoms with E-state index in [1.807, 2.05) is 12.1 Å². The van der Waals surface area contributed by atoms with Gasteiger partial charge < -0.3 is 10.0 Å². The van der Waals surface area contributed by atoms with Gasteiger partial charge in [0.05, 0.1) is 6.10 Å². The Morgan fingerprint density at radius 3 is 2.30 bits per heavy atom. The van der Waals surface area contributed by atoms with Crippen LogP contribution >= 0.6 is 15.9 Å². The van der Waals surface area contributed by atoms with Crippen molar-refractivity contribution in [2.45, 2.75) is 56.6 Å². The summed E-state index contributed by atoms with van der Waals surface area (Å²) in [6, 6.07) is 8.22. The molecule has 1 aromatic rings. The van der Waals surface area contributed by atoms with Gasteiger partial charge in [-0.1, -0.05) is 59.8 Å². The van der Waals surface area contributed by atoms with E-state index in [0.29, 0.717) is 0 Å². The van der Waals surface area contributed by atoms with Crippen molar-refractivity contribution in [3.05, 3.63) is 34.3 Å². The summed E-state index contributed by atoms with van der Waals surface area (Å²) in [4.78, 5) is 2.26. The molecule has 0 spiro atoms. The fraction of sp³-hybridized carbons (Fsp3) is 0.647. The van der Waals surface area contributed by atoms with Gasteiger partial charge in [-0.25, -0.2) is 0 Å². The number of rotatable bonds is 4. The first-order valence-corrected chi connectivity index (χ1v) is 8.44. The van der Waals surface area contributed by atoms with Crippen LogP contribution in [0.2, 0.25) is 0 Å². The highest BCUT2D eigenvalue weighted by atomic mass is 79.9. The molecule has 0 amide bonds. The highest BCUT2D eigenvalue weighted by Gasteiger charge is 2.40. The van der Waals surface area contributed by atoms with Crippen molar-refractivity contribution < 1.29 is 5.11 Å². The van der Waals surface area contributed by atoms with Gasteiger partial charge >= 0.3 is 0 Å². The first kappa shape index (κ1) is 16.0. The quantitative estimate of drug-likeness (QED) is 0.838. The second-order valence-corrected chi connectivity index (χ2v) is 7.08. The molecule has 1 N–H and O–H groups in total. The number of halogens is 1. The highest BCUT2D eigenvalue weighted by molar-refractivity contribution is 9.10. The maximum absolute atomic E-state index is 10.9. The summed E-state index contributed by atoms with van der Waals surface area (Å²) in [5.41, 5.74) is 1.14. The fourth-order valence-corrected chi connectivity index (χ4v) is 3.93. The van der Waals surface area contributed by atoms with Gasteiger partial charge in [-0.2, -0.15) is 0 Å².